The maximum absolute atomic E-state index is 12.5. The fourth-order valence-electron chi connectivity index (χ4n) is 2.70. The standard InChI is InChI=1S/C20H23N3O4S/c1-11(2)9-27-20(24)17-12(3)16-18(21-10-22-19(16)28-17)23-14-7-6-13(25-4)8-15(14)26-5/h6-8,10-11H,9H2,1-5H3,(H,21,22,23). The average molecular weight is 401 g/mol. The van der Waals surface area contributed by atoms with Crippen molar-refractivity contribution in [1.29, 1.82) is 0 Å². The Morgan fingerprint density at radius 1 is 1.21 bits per heavy atom. The average Bonchev–Trinajstić information content (AvgIpc) is 3.04. The molecule has 1 aromatic carbocycles. The van der Waals surface area contributed by atoms with Crippen LogP contribution in [-0.2, 0) is 4.74 Å². The van der Waals surface area contributed by atoms with E-state index in [9.17, 15) is 4.79 Å². The number of ether oxygens (including phenoxy) is 3. The van der Waals surface area contributed by atoms with Gasteiger partial charge < -0.3 is 19.5 Å². The van der Waals surface area contributed by atoms with Gasteiger partial charge in [0.25, 0.3) is 0 Å². The number of hydrogen-bond donors (Lipinski definition) is 1. The molecule has 0 amide bonds. The summed E-state index contributed by atoms with van der Waals surface area (Å²) < 4.78 is 16.1. The highest BCUT2D eigenvalue weighted by Crippen LogP contribution is 2.37. The lowest BCUT2D eigenvalue weighted by atomic mass is 10.2. The van der Waals surface area contributed by atoms with Crippen LogP contribution in [0.1, 0.15) is 29.1 Å². The maximum Gasteiger partial charge on any atom is 0.348 e. The molecule has 0 unspecified atom stereocenters. The molecule has 1 N–H and O–H groups in total. The van der Waals surface area contributed by atoms with Crippen LogP contribution in [0.4, 0.5) is 11.5 Å². The van der Waals surface area contributed by atoms with Gasteiger partial charge in [0.15, 0.2) is 0 Å². The minimum atomic E-state index is -0.331. The van der Waals surface area contributed by atoms with Gasteiger partial charge in [-0.2, -0.15) is 0 Å². The Balaban J connectivity index is 1.98. The van der Waals surface area contributed by atoms with E-state index in [1.54, 1.807) is 20.3 Å². The lowest BCUT2D eigenvalue weighted by Crippen LogP contribution is -2.09. The van der Waals surface area contributed by atoms with Crippen LogP contribution in [0.2, 0.25) is 0 Å². The Labute approximate surface area is 167 Å². The zero-order valence-electron chi connectivity index (χ0n) is 16.5. The van der Waals surface area contributed by atoms with Crippen molar-refractivity contribution in [2.45, 2.75) is 20.8 Å². The number of carbonyl (C=O) groups excluding carboxylic acids is 1. The monoisotopic (exact) mass is 401 g/mol. The quantitative estimate of drug-likeness (QED) is 0.581. The molecular formula is C20H23N3O4S. The summed E-state index contributed by atoms with van der Waals surface area (Å²) in [5.74, 6) is 1.86. The predicted octanol–water partition coefficient (Wildman–Crippen LogP) is 4.57. The molecule has 0 aliphatic heterocycles. The number of hydrogen-bond acceptors (Lipinski definition) is 8. The first kappa shape index (κ1) is 19.9. The summed E-state index contributed by atoms with van der Waals surface area (Å²) in [6.45, 7) is 6.26. The van der Waals surface area contributed by atoms with Gasteiger partial charge in [-0.3, -0.25) is 0 Å². The number of nitrogens with one attached hydrogen (secondary N) is 1. The Morgan fingerprint density at radius 2 is 2.00 bits per heavy atom. The SMILES string of the molecule is COc1ccc(Nc2ncnc3sc(C(=O)OCC(C)C)c(C)c23)c(OC)c1. The summed E-state index contributed by atoms with van der Waals surface area (Å²) >= 11 is 1.31. The summed E-state index contributed by atoms with van der Waals surface area (Å²) in [5, 5.41) is 4.08. The van der Waals surface area contributed by atoms with Gasteiger partial charge in [-0.15, -0.1) is 11.3 Å². The van der Waals surface area contributed by atoms with E-state index in [-0.39, 0.29) is 11.9 Å². The first-order valence-electron chi connectivity index (χ1n) is 8.84. The highest BCUT2D eigenvalue weighted by atomic mass is 32.1. The number of nitrogens with zero attached hydrogens (tertiary/aromatic N) is 2. The molecule has 3 rings (SSSR count). The van der Waals surface area contributed by atoms with Gasteiger partial charge in [0.1, 0.15) is 33.4 Å². The van der Waals surface area contributed by atoms with Gasteiger partial charge >= 0.3 is 5.97 Å². The van der Waals surface area contributed by atoms with Gasteiger partial charge in [0, 0.05) is 6.07 Å². The van der Waals surface area contributed by atoms with Crippen molar-refractivity contribution in [2.24, 2.45) is 5.92 Å². The fraction of sp³-hybridized carbons (Fsp3) is 0.350. The molecule has 0 aliphatic rings. The summed E-state index contributed by atoms with van der Waals surface area (Å²) in [7, 11) is 3.19. The molecule has 2 heterocycles. The fourth-order valence-corrected chi connectivity index (χ4v) is 3.74. The third-order valence-electron chi connectivity index (χ3n) is 4.12. The van der Waals surface area contributed by atoms with Crippen molar-refractivity contribution in [2.75, 3.05) is 26.1 Å². The molecular weight excluding hydrogens is 378 g/mol. The van der Waals surface area contributed by atoms with Crippen molar-refractivity contribution < 1.29 is 19.0 Å². The van der Waals surface area contributed by atoms with Gasteiger partial charge in [-0.25, -0.2) is 14.8 Å². The van der Waals surface area contributed by atoms with Crippen LogP contribution < -0.4 is 14.8 Å². The summed E-state index contributed by atoms with van der Waals surface area (Å²) in [6, 6.07) is 5.47. The van der Waals surface area contributed by atoms with Crippen LogP contribution in [-0.4, -0.2) is 36.8 Å². The van der Waals surface area contributed by atoms with Crippen LogP contribution in [0, 0.1) is 12.8 Å². The number of aromatic nitrogens is 2. The molecule has 148 valence electrons. The number of thiophene rings is 1. The van der Waals surface area contributed by atoms with Crippen molar-refractivity contribution in [3.63, 3.8) is 0 Å². The van der Waals surface area contributed by atoms with E-state index in [4.69, 9.17) is 14.2 Å². The molecule has 0 atom stereocenters. The molecule has 0 bridgehead atoms. The van der Waals surface area contributed by atoms with Crippen LogP contribution >= 0.6 is 11.3 Å². The van der Waals surface area contributed by atoms with Crippen molar-refractivity contribution >= 4 is 39.0 Å². The second-order valence-corrected chi connectivity index (χ2v) is 7.64. The Bertz CT molecular complexity index is 1000. The normalized spacial score (nSPS) is 10.9. The molecule has 0 fully saturated rings. The molecule has 0 aliphatic carbocycles. The first-order valence-corrected chi connectivity index (χ1v) is 9.66. The van der Waals surface area contributed by atoms with Gasteiger partial charge in [0.2, 0.25) is 0 Å². The minimum Gasteiger partial charge on any atom is -0.497 e. The highest BCUT2D eigenvalue weighted by Gasteiger charge is 2.21. The lowest BCUT2D eigenvalue weighted by Gasteiger charge is -2.12. The topological polar surface area (TPSA) is 82.6 Å². The zero-order valence-corrected chi connectivity index (χ0v) is 17.3. The molecule has 28 heavy (non-hydrogen) atoms. The van der Waals surface area contributed by atoms with Gasteiger partial charge in [-0.05, 0) is 30.5 Å². The number of esters is 1. The number of benzene rings is 1. The summed E-state index contributed by atoms with van der Waals surface area (Å²) in [5.41, 5.74) is 1.53. The number of fused-ring (bicyclic) bond motifs is 1. The number of aryl methyl sites for hydroxylation is 1. The van der Waals surface area contributed by atoms with Gasteiger partial charge in [0.05, 0.1) is 31.9 Å². The third kappa shape index (κ3) is 4.01. The van der Waals surface area contributed by atoms with Crippen molar-refractivity contribution in [3.05, 3.63) is 35.0 Å². The Hall–Kier alpha value is -2.87. The molecule has 0 radical (unpaired) electrons. The van der Waals surface area contributed by atoms with Gasteiger partial charge in [-0.1, -0.05) is 13.8 Å². The van der Waals surface area contributed by atoms with E-state index in [2.05, 4.69) is 15.3 Å². The van der Waals surface area contributed by atoms with E-state index < -0.39 is 0 Å². The minimum absolute atomic E-state index is 0.276. The third-order valence-corrected chi connectivity index (χ3v) is 5.30. The predicted molar refractivity (Wildman–Crippen MR) is 110 cm³/mol. The lowest BCUT2D eigenvalue weighted by molar-refractivity contribution is 0.0464. The molecule has 0 saturated heterocycles. The molecule has 0 spiro atoms. The Kier molecular flexibility index (Phi) is 5.99. The smallest absolute Gasteiger partial charge is 0.348 e. The van der Waals surface area contributed by atoms with Crippen LogP contribution in [0.15, 0.2) is 24.5 Å². The zero-order chi connectivity index (χ0) is 20.3. The van der Waals surface area contributed by atoms with Crippen LogP contribution in [0.5, 0.6) is 11.5 Å². The van der Waals surface area contributed by atoms with Crippen LogP contribution in [0.25, 0.3) is 10.2 Å². The Morgan fingerprint density at radius 3 is 2.68 bits per heavy atom. The summed E-state index contributed by atoms with van der Waals surface area (Å²) in [4.78, 5) is 22.4. The van der Waals surface area contributed by atoms with E-state index in [1.807, 2.05) is 32.9 Å². The van der Waals surface area contributed by atoms with E-state index in [0.717, 1.165) is 21.5 Å². The van der Waals surface area contributed by atoms with Crippen molar-refractivity contribution in [3.8, 4) is 11.5 Å². The highest BCUT2D eigenvalue weighted by molar-refractivity contribution is 7.20. The molecule has 2 aromatic heterocycles. The first-order chi connectivity index (χ1) is 13.4. The maximum atomic E-state index is 12.5. The van der Waals surface area contributed by atoms with E-state index in [0.29, 0.717) is 28.8 Å². The van der Waals surface area contributed by atoms with Crippen LogP contribution in [0.3, 0.4) is 0 Å². The molecule has 7 nitrogen and oxygen atoms in total. The largest absolute Gasteiger partial charge is 0.497 e. The number of anilines is 2. The van der Waals surface area contributed by atoms with E-state index >= 15 is 0 Å². The summed E-state index contributed by atoms with van der Waals surface area (Å²) in [6.07, 6.45) is 1.47. The molecule has 0 saturated carbocycles. The molecule has 8 heteroatoms. The van der Waals surface area contributed by atoms with Crippen molar-refractivity contribution in [1.82, 2.24) is 9.97 Å². The van der Waals surface area contributed by atoms with E-state index in [1.165, 1.54) is 17.7 Å². The number of methoxy groups -OCH3 is 2. The number of rotatable bonds is 7. The molecule has 3 aromatic rings. The number of carbonyl (C=O) groups is 1. The second kappa shape index (κ2) is 8.43. The second-order valence-electron chi connectivity index (χ2n) is 6.64.